The van der Waals surface area contributed by atoms with Gasteiger partial charge in [0.05, 0.1) is 29.1 Å². The molecule has 5 nitrogen and oxygen atoms in total. The molecule has 0 saturated heterocycles. The van der Waals surface area contributed by atoms with Crippen LogP contribution in [0.15, 0.2) is 36.7 Å². The van der Waals surface area contributed by atoms with E-state index in [0.29, 0.717) is 0 Å². The normalized spacial score (nSPS) is 10.8. The molecule has 0 spiro atoms. The maximum absolute atomic E-state index is 4.45. The zero-order valence-corrected chi connectivity index (χ0v) is 8.81. The molecule has 5 heteroatoms. The fourth-order valence-corrected chi connectivity index (χ4v) is 1.62. The van der Waals surface area contributed by atoms with Crippen LogP contribution in [0.4, 0.5) is 5.69 Å². The van der Waals surface area contributed by atoms with Crippen LogP contribution in [0.5, 0.6) is 0 Å². The smallest absolute Gasteiger partial charge is 0.229 e. The Hall–Kier alpha value is -2.30. The Balaban J connectivity index is 2.11. The Morgan fingerprint density at radius 1 is 1.31 bits per heavy atom. The van der Waals surface area contributed by atoms with Crippen LogP contribution >= 0.6 is 0 Å². The first kappa shape index (κ1) is 8.96. The van der Waals surface area contributed by atoms with Crippen molar-refractivity contribution in [2.45, 2.75) is 0 Å². The van der Waals surface area contributed by atoms with E-state index in [2.05, 4.69) is 20.4 Å². The van der Waals surface area contributed by atoms with E-state index in [1.807, 2.05) is 37.5 Å². The van der Waals surface area contributed by atoms with Gasteiger partial charge in [0.2, 0.25) is 5.95 Å². The fraction of sp³-hybridized carbons (Fsp3) is 0.0909. The zero-order chi connectivity index (χ0) is 11.0. The highest BCUT2D eigenvalue weighted by molar-refractivity contribution is 5.75. The van der Waals surface area contributed by atoms with Crippen LogP contribution in [0.1, 0.15) is 0 Å². The lowest BCUT2D eigenvalue weighted by atomic mass is 10.3. The van der Waals surface area contributed by atoms with E-state index in [1.54, 1.807) is 10.9 Å². The molecule has 0 aliphatic heterocycles. The van der Waals surface area contributed by atoms with Crippen molar-refractivity contribution in [2.75, 3.05) is 12.4 Å². The lowest BCUT2D eigenvalue weighted by molar-refractivity contribution is 0.829. The van der Waals surface area contributed by atoms with Crippen LogP contribution in [0.25, 0.3) is 17.0 Å². The highest BCUT2D eigenvalue weighted by Gasteiger charge is 2.04. The predicted octanol–water partition coefficient (Wildman–Crippen LogP) is 1.79. The van der Waals surface area contributed by atoms with Crippen LogP contribution in [-0.2, 0) is 0 Å². The summed E-state index contributed by atoms with van der Waals surface area (Å²) in [6.45, 7) is 0. The van der Waals surface area contributed by atoms with Gasteiger partial charge in [0.25, 0.3) is 0 Å². The van der Waals surface area contributed by atoms with Gasteiger partial charge < -0.3 is 10.3 Å². The van der Waals surface area contributed by atoms with Crippen molar-refractivity contribution in [3.63, 3.8) is 0 Å². The van der Waals surface area contributed by atoms with Gasteiger partial charge in [-0.1, -0.05) is 12.1 Å². The summed E-state index contributed by atoms with van der Waals surface area (Å²) >= 11 is 0. The molecule has 0 atom stereocenters. The van der Waals surface area contributed by atoms with E-state index in [-0.39, 0.29) is 0 Å². The number of benzene rings is 1. The number of aromatic amines is 1. The molecule has 80 valence electrons. The minimum absolute atomic E-state index is 0.725. The monoisotopic (exact) mass is 213 g/mol. The standard InChI is InChI=1S/C11H11N5/c1-12-8-6-13-16(7-8)11-14-9-4-2-3-5-10(9)15-11/h2-7,12H,1H3,(H,14,15). The van der Waals surface area contributed by atoms with Crippen LogP contribution in [0, 0.1) is 0 Å². The maximum Gasteiger partial charge on any atom is 0.229 e. The van der Waals surface area contributed by atoms with Crippen molar-refractivity contribution in [1.82, 2.24) is 19.7 Å². The van der Waals surface area contributed by atoms with Crippen molar-refractivity contribution in [3.05, 3.63) is 36.7 Å². The molecule has 0 radical (unpaired) electrons. The SMILES string of the molecule is CNc1cnn(-c2nc3ccccc3[nH]2)c1. The first-order valence-corrected chi connectivity index (χ1v) is 5.04. The summed E-state index contributed by atoms with van der Waals surface area (Å²) in [5, 5.41) is 7.24. The topological polar surface area (TPSA) is 58.5 Å². The summed E-state index contributed by atoms with van der Waals surface area (Å²) in [5.74, 6) is 0.725. The fourth-order valence-electron chi connectivity index (χ4n) is 1.62. The molecule has 2 heterocycles. The number of hydrogen-bond donors (Lipinski definition) is 2. The number of nitrogens with one attached hydrogen (secondary N) is 2. The van der Waals surface area contributed by atoms with E-state index in [0.717, 1.165) is 22.7 Å². The molecule has 2 aromatic heterocycles. The van der Waals surface area contributed by atoms with Crippen molar-refractivity contribution in [1.29, 1.82) is 0 Å². The van der Waals surface area contributed by atoms with Crippen molar-refractivity contribution < 1.29 is 0 Å². The third-order valence-corrected chi connectivity index (χ3v) is 2.47. The number of fused-ring (bicyclic) bond motifs is 1. The number of imidazole rings is 1. The van der Waals surface area contributed by atoms with Gasteiger partial charge in [-0.25, -0.2) is 9.67 Å². The first-order chi connectivity index (χ1) is 7.86. The number of hydrogen-bond acceptors (Lipinski definition) is 3. The summed E-state index contributed by atoms with van der Waals surface area (Å²) in [6.07, 6.45) is 3.64. The zero-order valence-electron chi connectivity index (χ0n) is 8.81. The molecule has 0 aliphatic rings. The molecule has 0 aliphatic carbocycles. The largest absolute Gasteiger partial charge is 0.386 e. The van der Waals surface area contributed by atoms with Gasteiger partial charge in [-0.05, 0) is 12.1 Å². The maximum atomic E-state index is 4.45. The average molecular weight is 213 g/mol. The highest BCUT2D eigenvalue weighted by Crippen LogP contribution is 2.14. The van der Waals surface area contributed by atoms with Gasteiger partial charge in [-0.2, -0.15) is 5.10 Å². The number of nitrogens with zero attached hydrogens (tertiary/aromatic N) is 3. The van der Waals surface area contributed by atoms with Crippen molar-refractivity contribution in [3.8, 4) is 5.95 Å². The Bertz CT molecular complexity index is 589. The van der Waals surface area contributed by atoms with Crippen LogP contribution in [0.3, 0.4) is 0 Å². The van der Waals surface area contributed by atoms with Gasteiger partial charge in [-0.15, -0.1) is 0 Å². The molecule has 0 fully saturated rings. The van der Waals surface area contributed by atoms with E-state index in [4.69, 9.17) is 0 Å². The van der Waals surface area contributed by atoms with E-state index < -0.39 is 0 Å². The second-order valence-electron chi connectivity index (χ2n) is 3.50. The Kier molecular flexibility index (Phi) is 1.89. The lowest BCUT2D eigenvalue weighted by Crippen LogP contribution is -1.96. The summed E-state index contributed by atoms with van der Waals surface area (Å²) < 4.78 is 1.71. The summed E-state index contributed by atoms with van der Waals surface area (Å²) in [4.78, 5) is 7.66. The quantitative estimate of drug-likeness (QED) is 0.682. The highest BCUT2D eigenvalue weighted by atomic mass is 15.3. The predicted molar refractivity (Wildman–Crippen MR) is 62.8 cm³/mol. The number of anilines is 1. The van der Waals surface area contributed by atoms with E-state index in [1.165, 1.54) is 0 Å². The van der Waals surface area contributed by atoms with Crippen LogP contribution in [-0.4, -0.2) is 26.8 Å². The molecule has 16 heavy (non-hydrogen) atoms. The molecule has 0 saturated carbocycles. The summed E-state index contributed by atoms with van der Waals surface area (Å²) in [6, 6.07) is 7.91. The minimum Gasteiger partial charge on any atom is -0.386 e. The summed E-state index contributed by atoms with van der Waals surface area (Å²) in [5.41, 5.74) is 2.92. The molecule has 0 amide bonds. The average Bonchev–Trinajstić information content (AvgIpc) is 2.95. The molecule has 0 unspecified atom stereocenters. The third kappa shape index (κ3) is 1.33. The van der Waals surface area contributed by atoms with Gasteiger partial charge in [0, 0.05) is 7.05 Å². The van der Waals surface area contributed by atoms with Gasteiger partial charge in [-0.3, -0.25) is 0 Å². The molecule has 0 bridgehead atoms. The number of H-pyrrole nitrogens is 1. The second kappa shape index (κ2) is 3.37. The Morgan fingerprint density at radius 2 is 2.19 bits per heavy atom. The number of para-hydroxylation sites is 2. The van der Waals surface area contributed by atoms with E-state index in [9.17, 15) is 0 Å². The van der Waals surface area contributed by atoms with Crippen LogP contribution < -0.4 is 5.32 Å². The van der Waals surface area contributed by atoms with Crippen molar-refractivity contribution in [2.24, 2.45) is 0 Å². The third-order valence-electron chi connectivity index (χ3n) is 2.47. The van der Waals surface area contributed by atoms with Gasteiger partial charge >= 0.3 is 0 Å². The Morgan fingerprint density at radius 3 is 2.94 bits per heavy atom. The second-order valence-corrected chi connectivity index (χ2v) is 3.50. The molecule has 3 rings (SSSR count). The molecular formula is C11H11N5. The minimum atomic E-state index is 0.725. The number of aromatic nitrogens is 4. The number of rotatable bonds is 2. The first-order valence-electron chi connectivity index (χ1n) is 5.04. The van der Waals surface area contributed by atoms with Crippen molar-refractivity contribution >= 4 is 16.7 Å². The van der Waals surface area contributed by atoms with Gasteiger partial charge in [0.15, 0.2) is 0 Å². The van der Waals surface area contributed by atoms with E-state index >= 15 is 0 Å². The molecule has 2 N–H and O–H groups in total. The lowest BCUT2D eigenvalue weighted by Gasteiger charge is -1.93. The van der Waals surface area contributed by atoms with Crippen LogP contribution in [0.2, 0.25) is 0 Å². The van der Waals surface area contributed by atoms with Gasteiger partial charge in [0.1, 0.15) is 0 Å². The molecule has 3 aromatic rings. The Labute approximate surface area is 92.1 Å². The summed E-state index contributed by atoms with van der Waals surface area (Å²) in [7, 11) is 1.86. The molecular weight excluding hydrogens is 202 g/mol. The molecule has 1 aromatic carbocycles.